The number of nitrogens with one attached hydrogen (secondary N) is 1. The molecule has 3 aromatic rings. The number of H-pyrrole nitrogens is 1. The molecule has 5 rings (SSSR count). The summed E-state index contributed by atoms with van der Waals surface area (Å²) in [7, 11) is 0. The highest BCUT2D eigenvalue weighted by Crippen LogP contribution is 2.32. The number of nitrogens with zero attached hydrogens (tertiary/aromatic N) is 2. The second-order valence-corrected chi connectivity index (χ2v) is 8.03. The SMILES string of the molecule is O=C1C[C@H](N2CCc3[nH]c4ccccc4c3C2)C(=O)N1c1cccc(Br)c1. The van der Waals surface area contributed by atoms with Crippen LogP contribution in [0.15, 0.2) is 53.0 Å². The van der Waals surface area contributed by atoms with E-state index < -0.39 is 6.04 Å². The molecule has 2 aliphatic heterocycles. The van der Waals surface area contributed by atoms with Gasteiger partial charge in [-0.05, 0) is 29.8 Å². The third-order valence-corrected chi connectivity index (χ3v) is 6.04. The maximum Gasteiger partial charge on any atom is 0.251 e. The molecule has 2 aliphatic rings. The standard InChI is InChI=1S/C21H18BrN3O2/c22-13-4-3-5-14(10-13)25-20(26)11-19(21(25)27)24-9-8-18-16(12-24)15-6-1-2-7-17(15)23-18/h1-7,10,19,23H,8-9,11-12H2/t19-/m0/s1. The lowest BCUT2D eigenvalue weighted by molar-refractivity contribution is -0.123. The van der Waals surface area contributed by atoms with Gasteiger partial charge in [0.05, 0.1) is 18.2 Å². The van der Waals surface area contributed by atoms with Crippen molar-refractivity contribution in [2.45, 2.75) is 25.4 Å². The quantitative estimate of drug-likeness (QED) is 0.640. The molecule has 2 amide bonds. The number of imide groups is 1. The molecule has 3 heterocycles. The summed E-state index contributed by atoms with van der Waals surface area (Å²) in [5.74, 6) is -0.255. The Bertz CT molecular complexity index is 1070. The van der Waals surface area contributed by atoms with Gasteiger partial charge < -0.3 is 4.98 Å². The highest BCUT2D eigenvalue weighted by atomic mass is 79.9. The van der Waals surface area contributed by atoms with E-state index in [1.165, 1.54) is 21.5 Å². The van der Waals surface area contributed by atoms with Gasteiger partial charge >= 0.3 is 0 Å². The fraction of sp³-hybridized carbons (Fsp3) is 0.238. The Morgan fingerprint density at radius 3 is 2.78 bits per heavy atom. The van der Waals surface area contributed by atoms with Crippen LogP contribution in [0.5, 0.6) is 0 Å². The first-order valence-corrected chi connectivity index (χ1v) is 9.86. The first kappa shape index (κ1) is 16.7. The van der Waals surface area contributed by atoms with Crippen molar-refractivity contribution in [3.63, 3.8) is 0 Å². The second kappa shape index (κ2) is 6.32. The fourth-order valence-electron chi connectivity index (χ4n) is 4.24. The van der Waals surface area contributed by atoms with Gasteiger partial charge in [0.2, 0.25) is 5.91 Å². The van der Waals surface area contributed by atoms with Crippen LogP contribution in [-0.4, -0.2) is 34.3 Å². The summed E-state index contributed by atoms with van der Waals surface area (Å²) in [6, 6.07) is 15.2. The van der Waals surface area contributed by atoms with Crippen LogP contribution in [0, 0.1) is 0 Å². The number of aromatic nitrogens is 1. The molecule has 1 N–H and O–H groups in total. The number of anilines is 1. The Kier molecular flexibility index (Phi) is 3.91. The predicted octanol–water partition coefficient (Wildman–Crippen LogP) is 3.62. The van der Waals surface area contributed by atoms with E-state index in [1.54, 1.807) is 6.07 Å². The summed E-state index contributed by atoms with van der Waals surface area (Å²) in [5.41, 5.74) is 4.26. The number of hydrogen-bond donors (Lipinski definition) is 1. The van der Waals surface area contributed by atoms with E-state index in [0.29, 0.717) is 12.2 Å². The number of hydrogen-bond acceptors (Lipinski definition) is 3. The van der Waals surface area contributed by atoms with Crippen molar-refractivity contribution < 1.29 is 9.59 Å². The zero-order valence-electron chi connectivity index (χ0n) is 14.6. The van der Waals surface area contributed by atoms with Gasteiger partial charge in [-0.2, -0.15) is 0 Å². The molecule has 2 aromatic carbocycles. The van der Waals surface area contributed by atoms with Crippen molar-refractivity contribution in [3.8, 4) is 0 Å². The van der Waals surface area contributed by atoms with Crippen molar-refractivity contribution in [2.75, 3.05) is 11.4 Å². The summed E-state index contributed by atoms with van der Waals surface area (Å²) in [5, 5.41) is 1.21. The number of aromatic amines is 1. The van der Waals surface area contributed by atoms with Gasteiger partial charge in [0.25, 0.3) is 5.91 Å². The molecule has 1 atom stereocenters. The Labute approximate surface area is 165 Å². The van der Waals surface area contributed by atoms with Crippen LogP contribution in [0.25, 0.3) is 10.9 Å². The second-order valence-electron chi connectivity index (χ2n) is 7.12. The summed E-state index contributed by atoms with van der Waals surface area (Å²) >= 11 is 3.41. The van der Waals surface area contributed by atoms with E-state index in [9.17, 15) is 9.59 Å². The smallest absolute Gasteiger partial charge is 0.251 e. The lowest BCUT2D eigenvalue weighted by Crippen LogP contribution is -2.44. The molecular weight excluding hydrogens is 406 g/mol. The van der Waals surface area contributed by atoms with Crippen LogP contribution < -0.4 is 4.90 Å². The first-order valence-electron chi connectivity index (χ1n) is 9.07. The minimum absolute atomic E-state index is 0.124. The molecule has 136 valence electrons. The van der Waals surface area contributed by atoms with Gasteiger partial charge in [-0.1, -0.05) is 40.2 Å². The number of para-hydroxylation sites is 1. The largest absolute Gasteiger partial charge is 0.358 e. The van der Waals surface area contributed by atoms with E-state index in [-0.39, 0.29) is 18.2 Å². The number of carbonyl (C=O) groups is 2. The number of carbonyl (C=O) groups excluding carboxylic acids is 2. The van der Waals surface area contributed by atoms with E-state index in [2.05, 4.69) is 37.9 Å². The highest BCUT2D eigenvalue weighted by Gasteiger charge is 2.43. The minimum atomic E-state index is -0.390. The fourth-order valence-corrected chi connectivity index (χ4v) is 4.63. The van der Waals surface area contributed by atoms with Gasteiger partial charge in [-0.3, -0.25) is 14.5 Å². The van der Waals surface area contributed by atoms with Crippen LogP contribution in [0.2, 0.25) is 0 Å². The number of fused-ring (bicyclic) bond motifs is 3. The third-order valence-electron chi connectivity index (χ3n) is 5.54. The lowest BCUT2D eigenvalue weighted by Gasteiger charge is -2.31. The molecule has 0 spiro atoms. The Hall–Kier alpha value is -2.44. The summed E-state index contributed by atoms with van der Waals surface area (Å²) in [6.45, 7) is 1.46. The monoisotopic (exact) mass is 423 g/mol. The normalized spacial score (nSPS) is 20.5. The lowest BCUT2D eigenvalue weighted by atomic mass is 10.0. The molecule has 0 radical (unpaired) electrons. The van der Waals surface area contributed by atoms with Crippen LogP contribution in [0.4, 0.5) is 5.69 Å². The summed E-state index contributed by atoms with van der Waals surface area (Å²) < 4.78 is 0.852. The molecular formula is C21H18BrN3O2. The Morgan fingerprint density at radius 2 is 1.93 bits per heavy atom. The molecule has 27 heavy (non-hydrogen) atoms. The first-order chi connectivity index (χ1) is 13.1. The van der Waals surface area contributed by atoms with E-state index >= 15 is 0 Å². The predicted molar refractivity (Wildman–Crippen MR) is 107 cm³/mol. The van der Waals surface area contributed by atoms with Gasteiger partial charge in [0, 0.05) is 40.6 Å². The average molecular weight is 424 g/mol. The molecule has 1 fully saturated rings. The van der Waals surface area contributed by atoms with Crippen LogP contribution >= 0.6 is 15.9 Å². The van der Waals surface area contributed by atoms with Crippen molar-refractivity contribution in [1.29, 1.82) is 0 Å². The van der Waals surface area contributed by atoms with Crippen molar-refractivity contribution in [3.05, 3.63) is 64.3 Å². The zero-order chi connectivity index (χ0) is 18.5. The molecule has 0 unspecified atom stereocenters. The van der Waals surface area contributed by atoms with Gasteiger partial charge in [-0.25, -0.2) is 4.90 Å². The Morgan fingerprint density at radius 1 is 1.07 bits per heavy atom. The molecule has 1 aromatic heterocycles. The molecule has 0 bridgehead atoms. The average Bonchev–Trinajstić information content (AvgIpc) is 3.18. The maximum atomic E-state index is 13.1. The number of amides is 2. The van der Waals surface area contributed by atoms with Crippen molar-refractivity contribution in [2.24, 2.45) is 0 Å². The van der Waals surface area contributed by atoms with E-state index in [1.807, 2.05) is 30.3 Å². The van der Waals surface area contributed by atoms with E-state index in [0.717, 1.165) is 23.0 Å². The van der Waals surface area contributed by atoms with Crippen molar-refractivity contribution in [1.82, 2.24) is 9.88 Å². The zero-order valence-corrected chi connectivity index (χ0v) is 16.2. The molecule has 0 saturated carbocycles. The summed E-state index contributed by atoms with van der Waals surface area (Å²) in [4.78, 5) is 32.7. The summed E-state index contributed by atoms with van der Waals surface area (Å²) in [6.07, 6.45) is 1.10. The molecule has 6 heteroatoms. The van der Waals surface area contributed by atoms with Gasteiger partial charge in [0.15, 0.2) is 0 Å². The van der Waals surface area contributed by atoms with Crippen LogP contribution in [0.1, 0.15) is 17.7 Å². The maximum absolute atomic E-state index is 13.1. The highest BCUT2D eigenvalue weighted by molar-refractivity contribution is 9.10. The molecule has 0 aliphatic carbocycles. The van der Waals surface area contributed by atoms with Crippen molar-refractivity contribution >= 4 is 44.3 Å². The number of rotatable bonds is 2. The molecule has 5 nitrogen and oxygen atoms in total. The number of halogens is 1. The Balaban J connectivity index is 1.44. The van der Waals surface area contributed by atoms with Crippen LogP contribution in [0.3, 0.4) is 0 Å². The van der Waals surface area contributed by atoms with Gasteiger partial charge in [-0.15, -0.1) is 0 Å². The minimum Gasteiger partial charge on any atom is -0.358 e. The van der Waals surface area contributed by atoms with Gasteiger partial charge in [0.1, 0.15) is 0 Å². The van der Waals surface area contributed by atoms with Crippen LogP contribution in [-0.2, 0) is 22.6 Å². The third kappa shape index (κ3) is 2.71. The topological polar surface area (TPSA) is 56.4 Å². The van der Waals surface area contributed by atoms with E-state index in [4.69, 9.17) is 0 Å². The molecule has 1 saturated heterocycles. The number of benzene rings is 2.